The SMILES string of the molecule is Cc1cc(C(=O)NC(C)CCC(=O)O)c(C)nn1. The van der Waals surface area contributed by atoms with E-state index >= 15 is 0 Å². The second kappa shape index (κ2) is 6.09. The average molecular weight is 251 g/mol. The zero-order valence-corrected chi connectivity index (χ0v) is 10.7. The maximum atomic E-state index is 11.9. The first kappa shape index (κ1) is 14.1. The van der Waals surface area contributed by atoms with Crippen LogP contribution in [0.4, 0.5) is 0 Å². The fourth-order valence-corrected chi connectivity index (χ4v) is 1.49. The molecule has 1 rings (SSSR count). The summed E-state index contributed by atoms with van der Waals surface area (Å²) in [4.78, 5) is 22.4. The topological polar surface area (TPSA) is 92.2 Å². The Hall–Kier alpha value is -1.98. The van der Waals surface area contributed by atoms with Crippen molar-refractivity contribution >= 4 is 11.9 Å². The van der Waals surface area contributed by atoms with Crippen LogP contribution < -0.4 is 5.32 Å². The normalized spacial score (nSPS) is 11.9. The van der Waals surface area contributed by atoms with E-state index in [9.17, 15) is 9.59 Å². The summed E-state index contributed by atoms with van der Waals surface area (Å²) in [5.41, 5.74) is 1.71. The van der Waals surface area contributed by atoms with Crippen LogP contribution in [0.25, 0.3) is 0 Å². The molecule has 1 aromatic heterocycles. The summed E-state index contributed by atoms with van der Waals surface area (Å²) >= 11 is 0. The van der Waals surface area contributed by atoms with E-state index in [1.54, 1.807) is 26.8 Å². The largest absolute Gasteiger partial charge is 0.481 e. The minimum Gasteiger partial charge on any atom is -0.481 e. The molecule has 0 bridgehead atoms. The van der Waals surface area contributed by atoms with Crippen molar-refractivity contribution in [2.75, 3.05) is 0 Å². The Morgan fingerprint density at radius 1 is 1.39 bits per heavy atom. The maximum absolute atomic E-state index is 11.9. The maximum Gasteiger partial charge on any atom is 0.303 e. The molecule has 0 aliphatic rings. The van der Waals surface area contributed by atoms with Crippen molar-refractivity contribution in [3.8, 4) is 0 Å². The third kappa shape index (κ3) is 4.12. The van der Waals surface area contributed by atoms with E-state index in [2.05, 4.69) is 15.5 Å². The molecule has 0 spiro atoms. The Balaban J connectivity index is 2.64. The van der Waals surface area contributed by atoms with Crippen LogP contribution in [0.5, 0.6) is 0 Å². The van der Waals surface area contributed by atoms with Crippen LogP contribution in [0, 0.1) is 13.8 Å². The van der Waals surface area contributed by atoms with Crippen molar-refractivity contribution in [3.63, 3.8) is 0 Å². The van der Waals surface area contributed by atoms with Crippen molar-refractivity contribution in [2.45, 2.75) is 39.7 Å². The predicted octanol–water partition coefficient (Wildman–Crippen LogP) is 1.08. The quantitative estimate of drug-likeness (QED) is 0.816. The molecule has 1 aromatic rings. The van der Waals surface area contributed by atoms with Gasteiger partial charge < -0.3 is 10.4 Å². The van der Waals surface area contributed by atoms with Gasteiger partial charge in [-0.1, -0.05) is 0 Å². The summed E-state index contributed by atoms with van der Waals surface area (Å²) < 4.78 is 0. The number of carbonyl (C=O) groups excluding carboxylic acids is 1. The highest BCUT2D eigenvalue weighted by Crippen LogP contribution is 2.06. The molecule has 0 saturated heterocycles. The van der Waals surface area contributed by atoms with Gasteiger partial charge in [-0.05, 0) is 33.3 Å². The zero-order valence-electron chi connectivity index (χ0n) is 10.7. The van der Waals surface area contributed by atoms with Crippen LogP contribution in [0.15, 0.2) is 6.07 Å². The molecule has 2 N–H and O–H groups in total. The van der Waals surface area contributed by atoms with Gasteiger partial charge >= 0.3 is 5.97 Å². The first-order valence-corrected chi connectivity index (χ1v) is 5.73. The fourth-order valence-electron chi connectivity index (χ4n) is 1.49. The monoisotopic (exact) mass is 251 g/mol. The molecule has 1 heterocycles. The summed E-state index contributed by atoms with van der Waals surface area (Å²) in [5, 5.41) is 19.0. The second-order valence-corrected chi connectivity index (χ2v) is 4.29. The minimum atomic E-state index is -0.867. The van der Waals surface area contributed by atoms with Crippen molar-refractivity contribution < 1.29 is 14.7 Å². The molecule has 0 fully saturated rings. The highest BCUT2D eigenvalue weighted by Gasteiger charge is 2.14. The Bertz CT molecular complexity index is 460. The number of carboxylic acid groups (broad SMARTS) is 1. The Kier molecular flexibility index (Phi) is 4.76. The van der Waals surface area contributed by atoms with Crippen LogP contribution in [0.2, 0.25) is 0 Å². The van der Waals surface area contributed by atoms with Crippen LogP contribution in [-0.4, -0.2) is 33.2 Å². The van der Waals surface area contributed by atoms with Crippen LogP contribution in [-0.2, 0) is 4.79 Å². The van der Waals surface area contributed by atoms with Gasteiger partial charge in [0.2, 0.25) is 0 Å². The van der Waals surface area contributed by atoms with Gasteiger partial charge in [-0.25, -0.2) is 0 Å². The molecule has 98 valence electrons. The summed E-state index contributed by atoms with van der Waals surface area (Å²) in [5.74, 6) is -1.11. The molecule has 0 aliphatic carbocycles. The number of aliphatic carboxylic acids is 1. The molecule has 18 heavy (non-hydrogen) atoms. The summed E-state index contributed by atoms with van der Waals surface area (Å²) in [7, 11) is 0. The summed E-state index contributed by atoms with van der Waals surface area (Å²) in [6.45, 7) is 5.25. The van der Waals surface area contributed by atoms with E-state index < -0.39 is 5.97 Å². The van der Waals surface area contributed by atoms with Gasteiger partial charge in [0.05, 0.1) is 17.0 Å². The highest BCUT2D eigenvalue weighted by molar-refractivity contribution is 5.95. The number of carbonyl (C=O) groups is 2. The number of carboxylic acids is 1. The predicted molar refractivity (Wildman–Crippen MR) is 65.3 cm³/mol. The van der Waals surface area contributed by atoms with E-state index in [0.717, 1.165) is 0 Å². The van der Waals surface area contributed by atoms with E-state index in [-0.39, 0.29) is 18.4 Å². The molecule has 6 nitrogen and oxygen atoms in total. The highest BCUT2D eigenvalue weighted by atomic mass is 16.4. The number of hydrogen-bond donors (Lipinski definition) is 2. The Morgan fingerprint density at radius 2 is 2.06 bits per heavy atom. The molecule has 0 aromatic carbocycles. The number of rotatable bonds is 5. The second-order valence-electron chi connectivity index (χ2n) is 4.29. The summed E-state index contributed by atoms with van der Waals surface area (Å²) in [6, 6.07) is 1.48. The lowest BCUT2D eigenvalue weighted by atomic mass is 10.1. The van der Waals surface area contributed by atoms with E-state index in [1.165, 1.54) is 0 Å². The number of aryl methyl sites for hydroxylation is 2. The molecule has 1 unspecified atom stereocenters. The Morgan fingerprint density at radius 3 is 2.67 bits per heavy atom. The number of amides is 1. The molecular weight excluding hydrogens is 234 g/mol. The van der Waals surface area contributed by atoms with E-state index in [4.69, 9.17) is 5.11 Å². The lowest BCUT2D eigenvalue weighted by Crippen LogP contribution is -2.33. The van der Waals surface area contributed by atoms with Crippen LogP contribution >= 0.6 is 0 Å². The summed E-state index contributed by atoms with van der Waals surface area (Å²) in [6.07, 6.45) is 0.436. The van der Waals surface area contributed by atoms with Crippen LogP contribution in [0.3, 0.4) is 0 Å². The van der Waals surface area contributed by atoms with Gasteiger partial charge in [0, 0.05) is 12.5 Å². The lowest BCUT2D eigenvalue weighted by molar-refractivity contribution is -0.137. The third-order valence-electron chi connectivity index (χ3n) is 2.51. The van der Waals surface area contributed by atoms with Gasteiger partial charge in [-0.2, -0.15) is 10.2 Å². The molecule has 0 aliphatic heterocycles. The standard InChI is InChI=1S/C12H17N3O3/c1-7(4-5-11(16)17)13-12(18)10-6-8(2)14-15-9(10)3/h6-7H,4-5H2,1-3H3,(H,13,18)(H,16,17). The first-order chi connectivity index (χ1) is 8.40. The minimum absolute atomic E-state index is 0.0358. The smallest absolute Gasteiger partial charge is 0.303 e. The van der Waals surface area contributed by atoms with Crippen molar-refractivity contribution in [1.29, 1.82) is 0 Å². The van der Waals surface area contributed by atoms with Gasteiger partial charge in [0.15, 0.2) is 0 Å². The molecule has 6 heteroatoms. The van der Waals surface area contributed by atoms with Gasteiger partial charge in [-0.15, -0.1) is 0 Å². The molecule has 1 amide bonds. The van der Waals surface area contributed by atoms with Crippen molar-refractivity contribution in [2.24, 2.45) is 0 Å². The van der Waals surface area contributed by atoms with Gasteiger partial charge in [0.1, 0.15) is 0 Å². The van der Waals surface area contributed by atoms with Crippen molar-refractivity contribution in [1.82, 2.24) is 15.5 Å². The fraction of sp³-hybridized carbons (Fsp3) is 0.500. The van der Waals surface area contributed by atoms with E-state index in [0.29, 0.717) is 23.4 Å². The lowest BCUT2D eigenvalue weighted by Gasteiger charge is -2.13. The number of nitrogens with one attached hydrogen (secondary N) is 1. The Labute approximate surface area is 105 Å². The zero-order chi connectivity index (χ0) is 13.7. The molecule has 0 radical (unpaired) electrons. The number of nitrogens with zero attached hydrogens (tertiary/aromatic N) is 2. The van der Waals surface area contributed by atoms with Gasteiger partial charge in [-0.3, -0.25) is 9.59 Å². The van der Waals surface area contributed by atoms with E-state index in [1.807, 2.05) is 0 Å². The molecular formula is C12H17N3O3. The average Bonchev–Trinajstić information content (AvgIpc) is 2.29. The number of hydrogen-bond acceptors (Lipinski definition) is 4. The first-order valence-electron chi connectivity index (χ1n) is 5.73. The molecule has 1 atom stereocenters. The third-order valence-corrected chi connectivity index (χ3v) is 2.51. The number of aromatic nitrogens is 2. The molecule has 0 saturated carbocycles. The van der Waals surface area contributed by atoms with Crippen molar-refractivity contribution in [3.05, 3.63) is 23.0 Å². The van der Waals surface area contributed by atoms with Crippen LogP contribution in [0.1, 0.15) is 41.5 Å². The van der Waals surface area contributed by atoms with Gasteiger partial charge in [0.25, 0.3) is 5.91 Å².